The van der Waals surface area contributed by atoms with E-state index in [0.717, 1.165) is 0 Å². The Morgan fingerprint density at radius 1 is 0.658 bits per heavy atom. The lowest BCUT2D eigenvalue weighted by atomic mass is 9.90. The van der Waals surface area contributed by atoms with E-state index in [-0.39, 0.29) is 17.0 Å². The minimum atomic E-state index is -8.74. The molecule has 0 saturated carbocycles. The van der Waals surface area contributed by atoms with Crippen LogP contribution in [-0.2, 0) is 22.7 Å². The van der Waals surface area contributed by atoms with Crippen molar-refractivity contribution in [2.45, 2.75) is 60.7 Å². The number of aromatic nitrogens is 2. The number of alkyl halides is 17. The molecule has 0 bridgehead atoms. The monoisotopic (exact) mass is 640 g/mol. The number of rotatable bonds is 11. The molecule has 0 unspecified atom stereocenters. The number of nitrogens with zero attached hydrogens (tertiary/aromatic N) is 2. The number of aryl methyl sites for hydroxylation is 1. The summed E-state index contributed by atoms with van der Waals surface area (Å²) in [5.41, 5.74) is 0. The van der Waals surface area contributed by atoms with Crippen LogP contribution in [0.1, 0.15) is 6.42 Å². The molecule has 1 aromatic rings. The van der Waals surface area contributed by atoms with Crippen molar-refractivity contribution < 1.29 is 87.6 Å². The maximum absolute atomic E-state index is 14.3. The van der Waals surface area contributed by atoms with Crippen molar-refractivity contribution in [2.24, 2.45) is 0 Å². The molecule has 0 saturated heterocycles. The molecule has 0 aliphatic heterocycles. The highest BCUT2D eigenvalue weighted by Crippen LogP contribution is 2.64. The topological polar surface area (TPSA) is 64.2 Å². The molecule has 38 heavy (non-hydrogen) atoms. The van der Waals surface area contributed by atoms with Crippen LogP contribution in [0.4, 0.5) is 74.6 Å². The van der Waals surface area contributed by atoms with Crippen molar-refractivity contribution in [3.63, 3.8) is 0 Å². The zero-order chi connectivity index (χ0) is 30.8. The second-order valence-electron chi connectivity index (χ2n) is 7.27. The Hall–Kier alpha value is -1.85. The van der Waals surface area contributed by atoms with E-state index in [0.29, 0.717) is 0 Å². The summed E-state index contributed by atoms with van der Waals surface area (Å²) in [6.45, 7) is -0.878. The molecule has 0 aliphatic rings. The molecule has 0 spiro atoms. The predicted octanol–water partition coefficient (Wildman–Crippen LogP) is 6.22. The van der Waals surface area contributed by atoms with Gasteiger partial charge < -0.3 is 4.57 Å². The molecule has 0 radical (unpaired) electrons. The van der Waals surface area contributed by atoms with Crippen LogP contribution in [0.5, 0.6) is 0 Å². The van der Waals surface area contributed by atoms with Crippen LogP contribution < -0.4 is 0 Å². The van der Waals surface area contributed by atoms with Gasteiger partial charge in [-0.3, -0.25) is 9.12 Å². The van der Waals surface area contributed by atoms with Gasteiger partial charge in [-0.05, 0) is 18.6 Å². The van der Waals surface area contributed by atoms with Gasteiger partial charge in [-0.2, -0.15) is 83.1 Å². The minimum absolute atomic E-state index is 0.174. The van der Waals surface area contributed by atoms with Crippen molar-refractivity contribution in [3.05, 3.63) is 17.2 Å². The summed E-state index contributed by atoms with van der Waals surface area (Å²) in [6.07, 6.45) is -8.77. The van der Waals surface area contributed by atoms with E-state index in [1.165, 1.54) is 0 Å². The first-order valence-electron chi connectivity index (χ1n) is 8.81. The molecule has 0 amide bonds. The van der Waals surface area contributed by atoms with Crippen LogP contribution in [-0.4, -0.2) is 69.6 Å². The third-order valence-corrected chi connectivity index (χ3v) is 5.89. The molecule has 0 atom stereocenters. The second-order valence-corrected chi connectivity index (χ2v) is 9.21. The maximum atomic E-state index is 14.3. The van der Waals surface area contributed by atoms with Gasteiger partial charge in [0.25, 0.3) is 10.1 Å². The molecule has 1 aromatic heterocycles. The molecule has 1 rings (SSSR count). The van der Waals surface area contributed by atoms with Crippen molar-refractivity contribution >= 4 is 22.3 Å². The van der Waals surface area contributed by atoms with Crippen LogP contribution in [0, 0.1) is 4.77 Å². The summed E-state index contributed by atoms with van der Waals surface area (Å²) in [6, 6.07) is -6.90. The molecule has 224 valence electrons. The van der Waals surface area contributed by atoms with Crippen LogP contribution >= 0.6 is 12.2 Å². The van der Waals surface area contributed by atoms with Crippen LogP contribution in [0.15, 0.2) is 12.4 Å². The van der Waals surface area contributed by atoms with Crippen LogP contribution in [0.2, 0.25) is 0 Å². The Kier molecular flexibility index (Phi) is 8.43. The van der Waals surface area contributed by atoms with Gasteiger partial charge in [0, 0.05) is 18.9 Å². The maximum Gasteiger partial charge on any atom is 0.460 e. The zero-order valence-corrected chi connectivity index (χ0v) is 18.8. The summed E-state index contributed by atoms with van der Waals surface area (Å²) in [5.74, 6) is -51.9. The van der Waals surface area contributed by atoms with E-state index in [2.05, 4.69) is 12.2 Å². The first-order valence-corrected chi connectivity index (χ1v) is 10.8. The highest BCUT2D eigenvalue weighted by Gasteiger charge is 2.95. The molecule has 0 aliphatic carbocycles. The molecule has 24 heteroatoms. The third-order valence-electron chi connectivity index (χ3n) is 4.66. The normalized spacial score (nSPS) is 15.7. The smallest absolute Gasteiger partial charge is 0.324 e. The van der Waals surface area contributed by atoms with Gasteiger partial charge in [0.2, 0.25) is 0 Å². The lowest BCUT2D eigenvalue weighted by Gasteiger charge is -2.42. The van der Waals surface area contributed by atoms with Gasteiger partial charge >= 0.3 is 47.8 Å². The largest absolute Gasteiger partial charge is 0.460 e. The summed E-state index contributed by atoms with van der Waals surface area (Å²) >= 11 is 4.16. The Morgan fingerprint density at radius 3 is 1.39 bits per heavy atom. The number of halogens is 17. The molecule has 1 N–H and O–H groups in total. The average Bonchev–Trinajstić information content (AvgIpc) is 3.06. The SMILES string of the molecule is O=S(=O)(O)CCCn1ccn(C(F)(F)C(F)(F)C(F)(F)C(F)(F)C(F)(F)C(F)(F)C(F)(F)C(F)(F)F)c1=S. The molecular weight excluding hydrogens is 631 g/mol. The number of imidazole rings is 1. The number of hydrogen-bond donors (Lipinski definition) is 1. The third kappa shape index (κ3) is 4.94. The fraction of sp³-hybridized carbons (Fsp3) is 0.786. The summed E-state index contributed by atoms with van der Waals surface area (Å²) in [5, 5.41) is 0. The molecule has 0 fully saturated rings. The Balaban J connectivity index is 3.62. The van der Waals surface area contributed by atoms with Crippen molar-refractivity contribution in [1.29, 1.82) is 0 Å². The highest BCUT2D eigenvalue weighted by atomic mass is 32.2. The van der Waals surface area contributed by atoms with Gasteiger partial charge in [-0.25, -0.2) is 0 Å². The van der Waals surface area contributed by atoms with E-state index in [1.54, 1.807) is 0 Å². The standard InChI is InChI=1S/C14H9F17N2O3S2/c15-7(16,9(19,20)11(23,24)13(27,28)29)8(17,18)10(21,22)12(25,26)14(30,31)33-4-3-32(6(33)37)2-1-5-38(34,35)36/h3-4H,1-2,5H2,(H,34,35,36). The van der Waals surface area contributed by atoms with Gasteiger partial charge in [0.05, 0.1) is 5.75 Å². The first kappa shape index (κ1) is 34.2. The van der Waals surface area contributed by atoms with E-state index in [9.17, 15) is 83.1 Å². The van der Waals surface area contributed by atoms with Gasteiger partial charge in [0.15, 0.2) is 4.77 Å². The second kappa shape index (κ2) is 9.37. The lowest BCUT2D eigenvalue weighted by Crippen LogP contribution is -2.74. The van der Waals surface area contributed by atoms with Crippen molar-refractivity contribution in [1.82, 2.24) is 9.13 Å². The fourth-order valence-electron chi connectivity index (χ4n) is 2.52. The quantitative estimate of drug-likeness (QED) is 0.177. The van der Waals surface area contributed by atoms with Gasteiger partial charge in [-0.15, -0.1) is 0 Å². The number of hydrogen-bond acceptors (Lipinski definition) is 3. The zero-order valence-electron chi connectivity index (χ0n) is 17.2. The van der Waals surface area contributed by atoms with E-state index >= 15 is 0 Å². The molecule has 0 aromatic carbocycles. The summed E-state index contributed by atoms with van der Waals surface area (Å²) in [4.78, 5) is 0. The average molecular weight is 640 g/mol. The predicted molar refractivity (Wildman–Crippen MR) is 90.2 cm³/mol. The highest BCUT2D eigenvalue weighted by molar-refractivity contribution is 7.85. The van der Waals surface area contributed by atoms with Gasteiger partial charge in [0.1, 0.15) is 0 Å². The summed E-state index contributed by atoms with van der Waals surface area (Å²) in [7, 11) is -4.69. The molecule has 5 nitrogen and oxygen atoms in total. The van der Waals surface area contributed by atoms with Gasteiger partial charge in [-0.1, -0.05) is 0 Å². The summed E-state index contributed by atoms with van der Waals surface area (Å²) < 4.78 is 254. The first-order chi connectivity index (χ1) is 16.4. The van der Waals surface area contributed by atoms with Crippen LogP contribution in [0.3, 0.4) is 0 Å². The molecule has 1 heterocycles. The lowest BCUT2D eigenvalue weighted by molar-refractivity contribution is -0.467. The fourth-order valence-corrected chi connectivity index (χ4v) is 3.34. The van der Waals surface area contributed by atoms with Crippen molar-refractivity contribution in [3.8, 4) is 0 Å². The minimum Gasteiger partial charge on any atom is -0.324 e. The Morgan fingerprint density at radius 2 is 1.03 bits per heavy atom. The van der Waals surface area contributed by atoms with E-state index in [1.807, 2.05) is 0 Å². The van der Waals surface area contributed by atoms with E-state index < -0.39 is 85.9 Å². The van der Waals surface area contributed by atoms with Crippen molar-refractivity contribution in [2.75, 3.05) is 5.75 Å². The Labute approximate surface area is 203 Å². The van der Waals surface area contributed by atoms with E-state index in [4.69, 9.17) is 4.55 Å². The Bertz CT molecular complexity index is 1180. The molecular formula is C14H9F17N2O3S2. The van der Waals surface area contributed by atoms with Crippen LogP contribution in [0.25, 0.3) is 0 Å².